The topological polar surface area (TPSA) is 41.9 Å². The molecule has 0 N–H and O–H groups in total. The van der Waals surface area contributed by atoms with E-state index in [1.54, 1.807) is 16.3 Å². The van der Waals surface area contributed by atoms with Gasteiger partial charge in [0.2, 0.25) is 5.91 Å². The molecule has 3 heterocycles. The highest BCUT2D eigenvalue weighted by molar-refractivity contribution is 7.12. The zero-order chi connectivity index (χ0) is 12.4. The summed E-state index contributed by atoms with van der Waals surface area (Å²) in [5.74, 6) is 0.130. The monoisotopic (exact) mass is 264 g/mol. The van der Waals surface area contributed by atoms with Crippen molar-refractivity contribution in [3.05, 3.63) is 22.4 Å². The van der Waals surface area contributed by atoms with Crippen LogP contribution >= 0.6 is 11.3 Å². The number of thiophene rings is 1. The summed E-state index contributed by atoms with van der Waals surface area (Å²) in [5, 5.41) is 8.27. The first-order valence-electron chi connectivity index (χ1n) is 6.36. The van der Waals surface area contributed by atoms with Gasteiger partial charge >= 0.3 is 0 Å². The van der Waals surface area contributed by atoms with Gasteiger partial charge in [0.15, 0.2) is 0 Å². The summed E-state index contributed by atoms with van der Waals surface area (Å²) in [7, 11) is 0. The van der Waals surface area contributed by atoms with Crippen LogP contribution in [0.2, 0.25) is 0 Å². The first-order valence-corrected chi connectivity index (χ1v) is 7.24. The van der Waals surface area contributed by atoms with Gasteiger partial charge in [0.1, 0.15) is 0 Å². The third kappa shape index (κ3) is 2.33. The maximum absolute atomic E-state index is 12.0. The zero-order valence-corrected chi connectivity index (χ0v) is 11.0. The molecule has 1 atom stereocenters. The summed E-state index contributed by atoms with van der Waals surface area (Å²) in [5.41, 5.74) is 1.04. The van der Waals surface area contributed by atoms with Crippen LogP contribution in [0.5, 0.6) is 0 Å². The van der Waals surface area contributed by atoms with Gasteiger partial charge in [-0.3, -0.25) is 4.79 Å². The van der Waals surface area contributed by atoms with Crippen LogP contribution in [0.4, 0.5) is 0 Å². The molecule has 5 heteroatoms. The van der Waals surface area contributed by atoms with E-state index in [2.05, 4.69) is 11.2 Å². The third-order valence-electron chi connectivity index (χ3n) is 3.35. The summed E-state index contributed by atoms with van der Waals surface area (Å²) in [6, 6.07) is 4.21. The number of ether oxygens (including phenoxy) is 1. The minimum atomic E-state index is 0.126. The quantitative estimate of drug-likeness (QED) is 0.822. The number of carbonyl (C=O) groups is 1. The number of amides is 1. The van der Waals surface area contributed by atoms with Crippen LogP contribution in [-0.2, 0) is 9.53 Å². The highest BCUT2D eigenvalue weighted by atomic mass is 32.1. The highest BCUT2D eigenvalue weighted by Gasteiger charge is 2.29. The molecule has 3 rings (SSSR count). The molecule has 0 spiro atoms. The lowest BCUT2D eigenvalue weighted by molar-refractivity contribution is -0.137. The molecule has 0 saturated carbocycles. The number of hydrazone groups is 1. The van der Waals surface area contributed by atoms with Gasteiger partial charge in [-0.25, -0.2) is 5.01 Å². The van der Waals surface area contributed by atoms with Crippen molar-refractivity contribution in [1.29, 1.82) is 0 Å². The van der Waals surface area contributed by atoms with E-state index in [1.807, 2.05) is 11.4 Å². The first kappa shape index (κ1) is 11.9. The minimum absolute atomic E-state index is 0.126. The van der Waals surface area contributed by atoms with E-state index in [0.717, 1.165) is 31.6 Å². The van der Waals surface area contributed by atoms with Crippen molar-refractivity contribution >= 4 is 23.0 Å². The maximum Gasteiger partial charge on any atom is 0.243 e. The molecule has 0 aromatic carbocycles. The van der Waals surface area contributed by atoms with Crippen LogP contribution in [-0.4, -0.2) is 35.9 Å². The molecule has 1 aromatic heterocycles. The van der Waals surface area contributed by atoms with Crippen molar-refractivity contribution in [3.63, 3.8) is 0 Å². The molecule has 96 valence electrons. The molecular weight excluding hydrogens is 248 g/mol. The molecule has 2 aliphatic rings. The van der Waals surface area contributed by atoms with E-state index in [0.29, 0.717) is 13.0 Å². The lowest BCUT2D eigenvalue weighted by Crippen LogP contribution is -2.44. The molecule has 2 aliphatic heterocycles. The Morgan fingerprint density at radius 3 is 3.11 bits per heavy atom. The Hall–Kier alpha value is -1.20. The Morgan fingerprint density at radius 2 is 2.39 bits per heavy atom. The van der Waals surface area contributed by atoms with E-state index >= 15 is 0 Å². The summed E-state index contributed by atoms with van der Waals surface area (Å²) in [4.78, 5) is 13.1. The normalized spacial score (nSPS) is 25.1. The van der Waals surface area contributed by atoms with Gasteiger partial charge in [0, 0.05) is 19.4 Å². The average Bonchev–Trinajstić information content (AvgIpc) is 2.94. The van der Waals surface area contributed by atoms with E-state index in [-0.39, 0.29) is 11.9 Å². The predicted octanol–water partition coefficient (Wildman–Crippen LogP) is 2.25. The molecule has 0 aliphatic carbocycles. The SMILES string of the molecule is O=C1CCC(c2cccs2)=NN1C1CCCOC1. The Bertz CT molecular complexity index is 450. The number of hydrogen-bond acceptors (Lipinski definition) is 4. The standard InChI is InChI=1S/C13H16N2O2S/c16-13-6-5-11(12-4-2-8-18-12)14-15(13)10-3-1-7-17-9-10/h2,4,8,10H,1,3,5-7,9H2. The van der Waals surface area contributed by atoms with Crippen molar-refractivity contribution in [2.75, 3.05) is 13.2 Å². The Kier molecular flexibility index (Phi) is 3.43. The van der Waals surface area contributed by atoms with Crippen LogP contribution < -0.4 is 0 Å². The van der Waals surface area contributed by atoms with Crippen LogP contribution in [0.25, 0.3) is 0 Å². The van der Waals surface area contributed by atoms with Crippen molar-refractivity contribution < 1.29 is 9.53 Å². The second kappa shape index (κ2) is 5.20. The van der Waals surface area contributed by atoms with Crippen LogP contribution in [0, 0.1) is 0 Å². The summed E-state index contributed by atoms with van der Waals surface area (Å²) in [6.07, 6.45) is 3.32. The summed E-state index contributed by atoms with van der Waals surface area (Å²) >= 11 is 1.68. The van der Waals surface area contributed by atoms with Crippen molar-refractivity contribution in [2.45, 2.75) is 31.7 Å². The van der Waals surface area contributed by atoms with Crippen LogP contribution in [0.1, 0.15) is 30.6 Å². The highest BCUT2D eigenvalue weighted by Crippen LogP contribution is 2.23. The zero-order valence-electron chi connectivity index (χ0n) is 10.2. The van der Waals surface area contributed by atoms with Crippen molar-refractivity contribution in [2.24, 2.45) is 5.10 Å². The van der Waals surface area contributed by atoms with Gasteiger partial charge in [0.25, 0.3) is 0 Å². The first-order chi connectivity index (χ1) is 8.84. The molecule has 1 aromatic rings. The lowest BCUT2D eigenvalue weighted by Gasteiger charge is -2.33. The number of rotatable bonds is 2. The predicted molar refractivity (Wildman–Crippen MR) is 70.8 cm³/mol. The van der Waals surface area contributed by atoms with Crippen molar-refractivity contribution in [3.8, 4) is 0 Å². The van der Waals surface area contributed by atoms with Crippen LogP contribution in [0.15, 0.2) is 22.6 Å². The molecule has 1 amide bonds. The molecule has 18 heavy (non-hydrogen) atoms. The van der Waals surface area contributed by atoms with Crippen molar-refractivity contribution in [1.82, 2.24) is 5.01 Å². The van der Waals surface area contributed by atoms with Gasteiger partial charge in [-0.2, -0.15) is 5.10 Å². The van der Waals surface area contributed by atoms with E-state index in [9.17, 15) is 4.79 Å². The molecule has 1 unspecified atom stereocenters. The van der Waals surface area contributed by atoms with Gasteiger partial charge in [-0.1, -0.05) is 6.07 Å². The van der Waals surface area contributed by atoms with Gasteiger partial charge in [-0.05, 0) is 24.3 Å². The van der Waals surface area contributed by atoms with Gasteiger partial charge in [0.05, 0.1) is 23.2 Å². The molecule has 0 radical (unpaired) electrons. The fourth-order valence-corrected chi connectivity index (χ4v) is 3.13. The second-order valence-electron chi connectivity index (χ2n) is 4.63. The Morgan fingerprint density at radius 1 is 1.44 bits per heavy atom. The van der Waals surface area contributed by atoms with E-state index < -0.39 is 0 Å². The second-order valence-corrected chi connectivity index (χ2v) is 5.58. The summed E-state index contributed by atoms with van der Waals surface area (Å²) in [6.45, 7) is 1.42. The Balaban J connectivity index is 1.82. The van der Waals surface area contributed by atoms with E-state index in [4.69, 9.17) is 4.74 Å². The third-order valence-corrected chi connectivity index (χ3v) is 4.27. The minimum Gasteiger partial charge on any atom is -0.379 e. The fraction of sp³-hybridized carbons (Fsp3) is 0.538. The number of carbonyl (C=O) groups excluding carboxylic acids is 1. The molecular formula is C13H16N2O2S. The van der Waals surface area contributed by atoms with Gasteiger partial charge < -0.3 is 4.74 Å². The number of hydrogen-bond donors (Lipinski definition) is 0. The summed E-state index contributed by atoms with van der Waals surface area (Å²) < 4.78 is 5.45. The Labute approximate surface area is 110 Å². The van der Waals surface area contributed by atoms with Gasteiger partial charge in [-0.15, -0.1) is 11.3 Å². The number of nitrogens with zero attached hydrogens (tertiary/aromatic N) is 2. The smallest absolute Gasteiger partial charge is 0.243 e. The largest absolute Gasteiger partial charge is 0.379 e. The van der Waals surface area contributed by atoms with Crippen LogP contribution in [0.3, 0.4) is 0 Å². The molecule has 1 fully saturated rings. The fourth-order valence-electron chi connectivity index (χ4n) is 2.39. The average molecular weight is 264 g/mol. The maximum atomic E-state index is 12.0. The van der Waals surface area contributed by atoms with E-state index in [1.165, 1.54) is 4.88 Å². The lowest BCUT2D eigenvalue weighted by atomic mass is 10.1. The molecule has 4 nitrogen and oxygen atoms in total. The molecule has 0 bridgehead atoms. The molecule has 1 saturated heterocycles.